The van der Waals surface area contributed by atoms with Gasteiger partial charge in [-0.25, -0.2) is 4.39 Å². The van der Waals surface area contributed by atoms with E-state index in [1.54, 1.807) is 18.2 Å². The first-order valence-electron chi connectivity index (χ1n) is 8.68. The lowest BCUT2D eigenvalue weighted by Gasteiger charge is -2.11. The normalized spacial score (nSPS) is 10.3. The molecule has 6 nitrogen and oxygen atoms in total. The molecule has 0 aliphatic carbocycles. The molecule has 1 heterocycles. The molecule has 0 unspecified atom stereocenters. The predicted molar refractivity (Wildman–Crippen MR) is 109 cm³/mol. The maximum atomic E-state index is 14.0. The molecule has 4 rings (SSSR count). The van der Waals surface area contributed by atoms with E-state index >= 15 is 0 Å². The van der Waals surface area contributed by atoms with Crippen LogP contribution in [0.15, 0.2) is 84.9 Å². The molecule has 0 spiro atoms. The van der Waals surface area contributed by atoms with Crippen molar-refractivity contribution < 1.29 is 4.39 Å². The number of para-hydroxylation sites is 3. The van der Waals surface area contributed by atoms with Gasteiger partial charge in [-0.05, 0) is 36.4 Å². The van der Waals surface area contributed by atoms with Gasteiger partial charge in [0.1, 0.15) is 5.82 Å². The SMILES string of the molecule is Fc1ccccc1Nc1nc(Nc2ccccc2)nc(Nc2ccccc2)n1. The summed E-state index contributed by atoms with van der Waals surface area (Å²) in [5.41, 5.74) is 1.94. The number of nitrogens with zero attached hydrogens (tertiary/aromatic N) is 3. The largest absolute Gasteiger partial charge is 0.324 e. The van der Waals surface area contributed by atoms with E-state index in [0.717, 1.165) is 11.4 Å². The minimum absolute atomic E-state index is 0.219. The highest BCUT2D eigenvalue weighted by molar-refractivity contribution is 5.61. The Bertz CT molecular complexity index is 997. The molecule has 7 heteroatoms. The highest BCUT2D eigenvalue weighted by Crippen LogP contribution is 2.21. The Labute approximate surface area is 161 Å². The molecular formula is C21H17FN6. The van der Waals surface area contributed by atoms with Gasteiger partial charge in [0, 0.05) is 11.4 Å². The predicted octanol–water partition coefficient (Wildman–Crippen LogP) is 5.24. The fourth-order valence-corrected chi connectivity index (χ4v) is 2.53. The summed E-state index contributed by atoms with van der Waals surface area (Å²) in [6, 6.07) is 25.4. The molecule has 0 atom stereocenters. The Hall–Kier alpha value is -4.00. The van der Waals surface area contributed by atoms with Crippen LogP contribution < -0.4 is 16.0 Å². The molecular weight excluding hydrogens is 355 g/mol. The molecule has 1 aromatic heterocycles. The minimum atomic E-state index is -0.391. The molecule has 0 amide bonds. The van der Waals surface area contributed by atoms with Gasteiger partial charge in [-0.3, -0.25) is 0 Å². The highest BCUT2D eigenvalue weighted by Gasteiger charge is 2.10. The zero-order valence-corrected chi connectivity index (χ0v) is 14.8. The topological polar surface area (TPSA) is 74.8 Å². The van der Waals surface area contributed by atoms with Crippen LogP contribution in [-0.4, -0.2) is 15.0 Å². The molecule has 0 aliphatic rings. The van der Waals surface area contributed by atoms with Crippen molar-refractivity contribution in [1.29, 1.82) is 0 Å². The van der Waals surface area contributed by atoms with Crippen molar-refractivity contribution >= 4 is 34.9 Å². The lowest BCUT2D eigenvalue weighted by Crippen LogP contribution is -2.07. The van der Waals surface area contributed by atoms with Crippen molar-refractivity contribution in [2.75, 3.05) is 16.0 Å². The number of rotatable bonds is 6. The maximum absolute atomic E-state index is 14.0. The molecule has 3 aromatic carbocycles. The van der Waals surface area contributed by atoms with Crippen molar-refractivity contribution in [1.82, 2.24) is 15.0 Å². The first-order chi connectivity index (χ1) is 13.8. The average Bonchev–Trinajstić information content (AvgIpc) is 2.71. The number of aromatic nitrogens is 3. The monoisotopic (exact) mass is 372 g/mol. The summed E-state index contributed by atoms with van der Waals surface area (Å²) in [4.78, 5) is 13.1. The van der Waals surface area contributed by atoms with Crippen LogP contribution in [0.1, 0.15) is 0 Å². The fourth-order valence-electron chi connectivity index (χ4n) is 2.53. The van der Waals surface area contributed by atoms with Gasteiger partial charge in [0.25, 0.3) is 0 Å². The van der Waals surface area contributed by atoms with Crippen LogP contribution in [0.2, 0.25) is 0 Å². The van der Waals surface area contributed by atoms with E-state index in [-0.39, 0.29) is 11.6 Å². The van der Waals surface area contributed by atoms with Crippen LogP contribution in [0.25, 0.3) is 0 Å². The van der Waals surface area contributed by atoms with Crippen molar-refractivity contribution in [2.45, 2.75) is 0 Å². The van der Waals surface area contributed by atoms with E-state index in [0.29, 0.717) is 11.9 Å². The van der Waals surface area contributed by atoms with Crippen molar-refractivity contribution in [3.05, 3.63) is 90.7 Å². The van der Waals surface area contributed by atoms with E-state index in [1.165, 1.54) is 6.07 Å². The molecule has 28 heavy (non-hydrogen) atoms. The zero-order chi connectivity index (χ0) is 19.2. The Kier molecular flexibility index (Phi) is 5.06. The lowest BCUT2D eigenvalue weighted by atomic mass is 10.3. The summed E-state index contributed by atoms with van der Waals surface area (Å²) in [7, 11) is 0. The summed E-state index contributed by atoms with van der Waals surface area (Å²) in [6.45, 7) is 0. The van der Waals surface area contributed by atoms with E-state index in [1.807, 2.05) is 60.7 Å². The van der Waals surface area contributed by atoms with Gasteiger partial charge in [-0.1, -0.05) is 48.5 Å². The van der Waals surface area contributed by atoms with Crippen LogP contribution in [-0.2, 0) is 0 Å². The Morgan fingerprint density at radius 1 is 0.500 bits per heavy atom. The van der Waals surface area contributed by atoms with Gasteiger partial charge < -0.3 is 16.0 Å². The number of hydrogen-bond acceptors (Lipinski definition) is 6. The minimum Gasteiger partial charge on any atom is -0.324 e. The van der Waals surface area contributed by atoms with Crippen LogP contribution in [0.4, 0.5) is 39.3 Å². The fraction of sp³-hybridized carbons (Fsp3) is 0. The van der Waals surface area contributed by atoms with Gasteiger partial charge in [-0.15, -0.1) is 0 Å². The molecule has 0 radical (unpaired) electrons. The Morgan fingerprint density at radius 3 is 1.43 bits per heavy atom. The second kappa shape index (κ2) is 8.13. The van der Waals surface area contributed by atoms with E-state index in [9.17, 15) is 4.39 Å². The number of halogens is 1. The molecule has 0 fully saturated rings. The van der Waals surface area contributed by atoms with Crippen LogP contribution in [0, 0.1) is 5.82 Å². The van der Waals surface area contributed by atoms with Gasteiger partial charge >= 0.3 is 0 Å². The lowest BCUT2D eigenvalue weighted by molar-refractivity contribution is 0.631. The number of anilines is 6. The zero-order valence-electron chi connectivity index (χ0n) is 14.8. The quantitative estimate of drug-likeness (QED) is 0.430. The summed E-state index contributed by atoms with van der Waals surface area (Å²) < 4.78 is 14.0. The van der Waals surface area contributed by atoms with Crippen molar-refractivity contribution in [3.8, 4) is 0 Å². The molecule has 3 N–H and O–H groups in total. The first kappa shape index (κ1) is 17.4. The summed E-state index contributed by atoms with van der Waals surface area (Å²) in [5, 5.41) is 9.18. The van der Waals surface area contributed by atoms with Crippen LogP contribution in [0.3, 0.4) is 0 Å². The Balaban J connectivity index is 1.66. The number of hydrogen-bond donors (Lipinski definition) is 3. The molecule has 0 saturated carbocycles. The highest BCUT2D eigenvalue weighted by atomic mass is 19.1. The molecule has 0 bridgehead atoms. The number of nitrogens with one attached hydrogen (secondary N) is 3. The van der Waals surface area contributed by atoms with Crippen molar-refractivity contribution in [2.24, 2.45) is 0 Å². The first-order valence-corrected chi connectivity index (χ1v) is 8.68. The van der Waals surface area contributed by atoms with Gasteiger partial charge in [0.05, 0.1) is 5.69 Å². The second-order valence-corrected chi connectivity index (χ2v) is 5.89. The van der Waals surface area contributed by atoms with Crippen LogP contribution in [0.5, 0.6) is 0 Å². The van der Waals surface area contributed by atoms with Gasteiger partial charge in [-0.2, -0.15) is 15.0 Å². The molecule has 4 aromatic rings. The summed E-state index contributed by atoms with van der Waals surface area (Å²) in [6.07, 6.45) is 0. The third-order valence-corrected chi connectivity index (χ3v) is 3.82. The maximum Gasteiger partial charge on any atom is 0.233 e. The van der Waals surface area contributed by atoms with Gasteiger partial charge in [0.2, 0.25) is 17.8 Å². The second-order valence-electron chi connectivity index (χ2n) is 5.89. The van der Waals surface area contributed by atoms with Crippen molar-refractivity contribution in [3.63, 3.8) is 0 Å². The third-order valence-electron chi connectivity index (χ3n) is 3.82. The summed E-state index contributed by atoms with van der Waals surface area (Å²) >= 11 is 0. The molecule has 0 saturated heterocycles. The van der Waals surface area contributed by atoms with Crippen LogP contribution >= 0.6 is 0 Å². The van der Waals surface area contributed by atoms with E-state index in [4.69, 9.17) is 0 Å². The van der Waals surface area contributed by atoms with Gasteiger partial charge in [0.15, 0.2) is 0 Å². The Morgan fingerprint density at radius 2 is 0.929 bits per heavy atom. The number of benzene rings is 3. The van der Waals surface area contributed by atoms with E-state index < -0.39 is 5.82 Å². The average molecular weight is 372 g/mol. The summed E-state index contributed by atoms with van der Waals surface area (Å²) in [5.74, 6) is 0.493. The molecule has 0 aliphatic heterocycles. The third kappa shape index (κ3) is 4.39. The smallest absolute Gasteiger partial charge is 0.233 e. The standard InChI is InChI=1S/C21H17FN6/c22-17-13-7-8-14-18(17)25-21-27-19(23-15-9-3-1-4-10-15)26-20(28-21)24-16-11-5-2-6-12-16/h1-14H,(H3,23,24,25,26,27,28). The van der Waals surface area contributed by atoms with E-state index in [2.05, 4.69) is 30.9 Å². The molecule has 138 valence electrons.